The third-order valence-electron chi connectivity index (χ3n) is 8.65. The van der Waals surface area contributed by atoms with E-state index in [0.717, 1.165) is 93.3 Å². The largest absolute Gasteiger partial charge is 0.404 e. The van der Waals surface area contributed by atoms with Crippen LogP contribution in [-0.2, 0) is 4.79 Å². The maximum absolute atomic E-state index is 12.6. The Labute approximate surface area is 254 Å². The van der Waals surface area contributed by atoms with Crippen molar-refractivity contribution in [3.8, 4) is 22.4 Å². The number of carbonyl (C=O) groups excluding carboxylic acids is 1. The number of pyridine rings is 1. The Balaban J connectivity index is 1.73. The number of rotatable bonds is 7. The van der Waals surface area contributed by atoms with Crippen molar-refractivity contribution >= 4 is 39.6 Å². The topological polar surface area (TPSA) is 93.9 Å². The third-order valence-corrected chi connectivity index (χ3v) is 8.65. The summed E-state index contributed by atoms with van der Waals surface area (Å²) < 4.78 is 0. The summed E-state index contributed by atoms with van der Waals surface area (Å²) in [6.45, 7) is 13.9. The summed E-state index contributed by atoms with van der Waals surface area (Å²) in [6, 6.07) is 15.0. The quantitative estimate of drug-likeness (QED) is 0.214. The molecule has 0 spiro atoms. The number of hydrogen-bond acceptors (Lipinski definition) is 6. The Hall–Kier alpha value is -4.69. The third kappa shape index (κ3) is 5.58. The molecule has 3 N–H and O–H groups in total. The van der Waals surface area contributed by atoms with Crippen molar-refractivity contribution in [3.05, 3.63) is 84.2 Å². The summed E-state index contributed by atoms with van der Waals surface area (Å²) in [6.07, 6.45) is 4.80. The summed E-state index contributed by atoms with van der Waals surface area (Å²) in [5, 5.41) is 1.01. The number of aromatic nitrogens is 2. The van der Waals surface area contributed by atoms with Crippen LogP contribution in [-0.4, -0.2) is 73.8 Å². The van der Waals surface area contributed by atoms with E-state index in [1.165, 1.54) is 11.8 Å². The molecule has 0 saturated carbocycles. The number of nitrogens with one attached hydrogen (secondary N) is 1. The van der Waals surface area contributed by atoms with Crippen molar-refractivity contribution in [1.29, 1.82) is 0 Å². The van der Waals surface area contributed by atoms with Crippen LogP contribution in [0.25, 0.3) is 39.0 Å². The molecule has 0 atom stereocenters. The highest BCUT2D eigenvalue weighted by Gasteiger charge is 2.23. The van der Waals surface area contributed by atoms with Crippen LogP contribution in [0.1, 0.15) is 23.6 Å². The van der Waals surface area contributed by atoms with Gasteiger partial charge in [0.05, 0.1) is 5.69 Å². The van der Waals surface area contributed by atoms with Gasteiger partial charge in [0.2, 0.25) is 5.91 Å². The highest BCUT2D eigenvalue weighted by molar-refractivity contribution is 6.23. The van der Waals surface area contributed by atoms with E-state index in [4.69, 9.17) is 10.7 Å². The minimum Gasteiger partial charge on any atom is -0.404 e. The van der Waals surface area contributed by atoms with E-state index >= 15 is 0 Å². The Morgan fingerprint density at radius 1 is 1.09 bits per heavy atom. The van der Waals surface area contributed by atoms with Gasteiger partial charge in [0.25, 0.3) is 0 Å². The lowest BCUT2D eigenvalue weighted by Crippen LogP contribution is -2.44. The Morgan fingerprint density at radius 2 is 1.77 bits per heavy atom. The minimum atomic E-state index is -0.161. The van der Waals surface area contributed by atoms with Crippen LogP contribution >= 0.6 is 0 Å². The molecule has 222 valence electrons. The molecule has 0 unspecified atom stereocenters. The van der Waals surface area contributed by atoms with Gasteiger partial charge in [0.1, 0.15) is 5.65 Å². The van der Waals surface area contributed by atoms with Gasteiger partial charge in [0, 0.05) is 91.8 Å². The molecule has 8 nitrogen and oxygen atoms in total. The molecular formula is C35H41N7O. The van der Waals surface area contributed by atoms with Gasteiger partial charge in [0.15, 0.2) is 0 Å². The molecule has 0 bridgehead atoms. The molecule has 3 heterocycles. The van der Waals surface area contributed by atoms with Crippen LogP contribution in [0.4, 0.5) is 11.4 Å². The number of carbonyl (C=O) groups is 1. The van der Waals surface area contributed by atoms with E-state index in [0.29, 0.717) is 0 Å². The fourth-order valence-corrected chi connectivity index (χ4v) is 5.90. The second-order valence-electron chi connectivity index (χ2n) is 11.2. The number of aliphatic imine (C=N–C) groups is 1. The van der Waals surface area contributed by atoms with E-state index in [1.807, 2.05) is 20.0 Å². The van der Waals surface area contributed by atoms with E-state index in [-0.39, 0.29) is 5.91 Å². The van der Waals surface area contributed by atoms with Crippen LogP contribution in [0.15, 0.2) is 72.5 Å². The molecule has 2 aromatic carbocycles. The van der Waals surface area contributed by atoms with Crippen molar-refractivity contribution in [1.82, 2.24) is 14.9 Å². The van der Waals surface area contributed by atoms with Crippen molar-refractivity contribution < 1.29 is 4.79 Å². The summed E-state index contributed by atoms with van der Waals surface area (Å²) in [7, 11) is 5.71. The predicted molar refractivity (Wildman–Crippen MR) is 181 cm³/mol. The summed E-state index contributed by atoms with van der Waals surface area (Å²) in [4.78, 5) is 31.9. The van der Waals surface area contributed by atoms with Gasteiger partial charge in [-0.1, -0.05) is 30.8 Å². The smallest absolute Gasteiger partial charge is 0.250 e. The number of aryl methyl sites for hydroxylation is 2. The van der Waals surface area contributed by atoms with Gasteiger partial charge in [-0.05, 0) is 74.3 Å². The molecule has 43 heavy (non-hydrogen) atoms. The van der Waals surface area contributed by atoms with Gasteiger partial charge >= 0.3 is 0 Å². The van der Waals surface area contributed by atoms with Gasteiger partial charge in [-0.2, -0.15) is 0 Å². The van der Waals surface area contributed by atoms with Gasteiger partial charge in [-0.15, -0.1) is 0 Å². The number of nitrogens with zero attached hydrogens (tertiary/aromatic N) is 5. The second-order valence-corrected chi connectivity index (χ2v) is 11.2. The van der Waals surface area contributed by atoms with Crippen LogP contribution in [0.3, 0.4) is 0 Å². The molecule has 1 saturated heterocycles. The van der Waals surface area contributed by atoms with E-state index in [1.54, 1.807) is 25.2 Å². The van der Waals surface area contributed by atoms with E-state index < -0.39 is 0 Å². The molecule has 1 aliphatic rings. The Morgan fingerprint density at radius 3 is 2.40 bits per heavy atom. The lowest BCUT2D eigenvalue weighted by atomic mass is 9.92. The Bertz CT molecular complexity index is 1740. The monoisotopic (exact) mass is 575 g/mol. The SMILES string of the molecule is C=CC(=O)N(C)c1cc(-c2c(-c3ccc(N4CCN(C)CC4)cc3)[nH]c3ncc(/C(=C/N)C(C)=NC)c(C)c23)ccc1C. The van der Waals surface area contributed by atoms with Gasteiger partial charge in [-0.3, -0.25) is 9.79 Å². The van der Waals surface area contributed by atoms with Crippen molar-refractivity contribution in [3.63, 3.8) is 0 Å². The van der Waals surface area contributed by atoms with E-state index in [9.17, 15) is 4.79 Å². The first-order chi connectivity index (χ1) is 20.7. The van der Waals surface area contributed by atoms with Crippen molar-refractivity contribution in [2.45, 2.75) is 20.8 Å². The Kier molecular flexibility index (Phi) is 8.50. The number of amides is 1. The minimum absolute atomic E-state index is 0.161. The standard InChI is InChI=1S/C35H41N7O/c1-8-31(43)41(7)30-19-26(10-9-22(30)2)33-32-23(3)29(28(20-36)24(4)37-5)21-38-35(32)39-34(33)25-11-13-27(14-12-25)42-17-15-40(6)16-18-42/h8-14,19-21H,1,15-18,36H2,2-7H3,(H,38,39)/b28-20+,37-24?. The fraction of sp³-hybridized carbons (Fsp3) is 0.286. The molecule has 2 aromatic heterocycles. The van der Waals surface area contributed by atoms with Crippen LogP contribution < -0.4 is 15.5 Å². The van der Waals surface area contributed by atoms with Crippen molar-refractivity contribution in [2.75, 3.05) is 57.1 Å². The molecule has 1 fully saturated rings. The van der Waals surface area contributed by atoms with E-state index in [2.05, 4.69) is 82.8 Å². The van der Waals surface area contributed by atoms with Gasteiger partial charge in [-0.25, -0.2) is 4.98 Å². The van der Waals surface area contributed by atoms with Crippen LogP contribution in [0.2, 0.25) is 0 Å². The number of allylic oxidation sites excluding steroid dienone is 1. The number of aromatic amines is 1. The number of benzene rings is 2. The lowest BCUT2D eigenvalue weighted by molar-refractivity contribution is -0.113. The number of H-pyrrole nitrogens is 1. The molecule has 5 rings (SSSR count). The first-order valence-electron chi connectivity index (χ1n) is 14.6. The number of fused-ring (bicyclic) bond motifs is 1. The van der Waals surface area contributed by atoms with Crippen molar-refractivity contribution in [2.24, 2.45) is 10.7 Å². The number of hydrogen-bond donors (Lipinski definition) is 2. The summed E-state index contributed by atoms with van der Waals surface area (Å²) >= 11 is 0. The molecule has 0 aliphatic carbocycles. The van der Waals surface area contributed by atoms with Gasteiger partial charge < -0.3 is 25.4 Å². The normalized spacial score (nSPS) is 14.8. The number of likely N-dealkylation sites (N-methyl/N-ethyl adjacent to an activating group) is 2. The average molecular weight is 576 g/mol. The first kappa shape index (κ1) is 29.8. The zero-order valence-electron chi connectivity index (χ0n) is 26.0. The molecule has 8 heteroatoms. The zero-order valence-corrected chi connectivity index (χ0v) is 26.0. The molecular weight excluding hydrogens is 534 g/mol. The van der Waals surface area contributed by atoms with Crippen LogP contribution in [0, 0.1) is 13.8 Å². The molecule has 1 aliphatic heterocycles. The zero-order chi connectivity index (χ0) is 30.8. The number of nitrogens with two attached hydrogens (primary N) is 1. The number of anilines is 2. The highest BCUT2D eigenvalue weighted by atomic mass is 16.2. The van der Waals surface area contributed by atoms with Crippen LogP contribution in [0.5, 0.6) is 0 Å². The first-order valence-corrected chi connectivity index (χ1v) is 14.6. The maximum atomic E-state index is 12.6. The highest BCUT2D eigenvalue weighted by Crippen LogP contribution is 2.42. The average Bonchev–Trinajstić information content (AvgIpc) is 3.42. The summed E-state index contributed by atoms with van der Waals surface area (Å²) in [5.41, 5.74) is 17.6. The molecule has 4 aromatic rings. The predicted octanol–water partition coefficient (Wildman–Crippen LogP) is 5.80. The number of piperazine rings is 1. The summed E-state index contributed by atoms with van der Waals surface area (Å²) in [5.74, 6) is -0.161. The fourth-order valence-electron chi connectivity index (χ4n) is 5.90. The second kappa shape index (κ2) is 12.3. The molecule has 0 radical (unpaired) electrons. The lowest BCUT2D eigenvalue weighted by Gasteiger charge is -2.34. The maximum Gasteiger partial charge on any atom is 0.250 e. The molecule has 1 amide bonds.